The molecule has 0 saturated heterocycles. The van der Waals surface area contributed by atoms with E-state index in [0.29, 0.717) is 21.8 Å². The summed E-state index contributed by atoms with van der Waals surface area (Å²) in [6, 6.07) is 21.3. The van der Waals surface area contributed by atoms with Crippen molar-refractivity contribution in [1.82, 2.24) is 10.9 Å². The number of anilines is 1. The number of halogens is 1. The summed E-state index contributed by atoms with van der Waals surface area (Å²) in [4.78, 5) is 36.5. The number of rotatable bonds is 4. The summed E-state index contributed by atoms with van der Waals surface area (Å²) in [7, 11) is 0. The van der Waals surface area contributed by atoms with Gasteiger partial charge in [0.15, 0.2) is 0 Å². The third-order valence-electron chi connectivity index (χ3n) is 3.81. The van der Waals surface area contributed by atoms with Crippen LogP contribution in [-0.4, -0.2) is 17.7 Å². The highest BCUT2D eigenvalue weighted by molar-refractivity contribution is 6.30. The van der Waals surface area contributed by atoms with Gasteiger partial charge >= 0.3 is 0 Å². The number of amides is 3. The van der Waals surface area contributed by atoms with E-state index in [-0.39, 0.29) is 11.5 Å². The number of carbonyl (C=O) groups excluding carboxylic acids is 3. The molecule has 3 aromatic rings. The third-order valence-corrected chi connectivity index (χ3v) is 4.07. The Labute approximate surface area is 166 Å². The quantitative estimate of drug-likeness (QED) is 0.591. The molecular formula is C21H16ClN3O3. The molecular weight excluding hydrogens is 378 g/mol. The predicted octanol–water partition coefficient (Wildman–Crippen LogP) is 3.67. The van der Waals surface area contributed by atoms with Crippen LogP contribution in [0.3, 0.4) is 0 Å². The van der Waals surface area contributed by atoms with E-state index in [1.807, 2.05) is 0 Å². The molecule has 0 spiro atoms. The Bertz CT molecular complexity index is 1000. The van der Waals surface area contributed by atoms with Gasteiger partial charge in [-0.2, -0.15) is 0 Å². The van der Waals surface area contributed by atoms with Crippen molar-refractivity contribution in [2.24, 2.45) is 0 Å². The lowest BCUT2D eigenvalue weighted by atomic mass is 10.1. The lowest BCUT2D eigenvalue weighted by Crippen LogP contribution is -2.41. The van der Waals surface area contributed by atoms with Crippen LogP contribution in [0.1, 0.15) is 31.1 Å². The Balaban J connectivity index is 1.62. The molecule has 0 fully saturated rings. The van der Waals surface area contributed by atoms with E-state index in [9.17, 15) is 14.4 Å². The summed E-state index contributed by atoms with van der Waals surface area (Å²) in [6.45, 7) is 0. The summed E-state index contributed by atoms with van der Waals surface area (Å²) in [6.07, 6.45) is 0. The molecule has 0 atom stereocenters. The molecule has 0 heterocycles. The predicted molar refractivity (Wildman–Crippen MR) is 107 cm³/mol. The van der Waals surface area contributed by atoms with Gasteiger partial charge in [-0.1, -0.05) is 35.9 Å². The molecule has 3 amide bonds. The Kier molecular flexibility index (Phi) is 6.04. The van der Waals surface area contributed by atoms with Crippen molar-refractivity contribution < 1.29 is 14.4 Å². The zero-order valence-electron chi connectivity index (χ0n) is 14.6. The molecule has 28 heavy (non-hydrogen) atoms. The number of benzene rings is 3. The van der Waals surface area contributed by atoms with Gasteiger partial charge in [-0.05, 0) is 54.6 Å². The maximum Gasteiger partial charge on any atom is 0.269 e. The second-order valence-corrected chi connectivity index (χ2v) is 6.25. The zero-order chi connectivity index (χ0) is 19.9. The van der Waals surface area contributed by atoms with Crippen molar-refractivity contribution in [2.45, 2.75) is 0 Å². The molecule has 3 rings (SSSR count). The van der Waals surface area contributed by atoms with Gasteiger partial charge in [0.25, 0.3) is 17.7 Å². The molecule has 0 bridgehead atoms. The first-order chi connectivity index (χ1) is 13.5. The van der Waals surface area contributed by atoms with Crippen LogP contribution in [0.4, 0.5) is 5.69 Å². The summed E-state index contributed by atoms with van der Waals surface area (Å²) in [5.74, 6) is -1.26. The highest BCUT2D eigenvalue weighted by atomic mass is 35.5. The van der Waals surface area contributed by atoms with Gasteiger partial charge in [0.05, 0.1) is 0 Å². The van der Waals surface area contributed by atoms with E-state index in [1.54, 1.807) is 72.8 Å². The van der Waals surface area contributed by atoms with Gasteiger partial charge in [-0.3, -0.25) is 25.2 Å². The molecule has 0 unspecified atom stereocenters. The summed E-state index contributed by atoms with van der Waals surface area (Å²) < 4.78 is 0. The topological polar surface area (TPSA) is 87.3 Å². The van der Waals surface area contributed by atoms with E-state index in [1.165, 1.54) is 6.07 Å². The van der Waals surface area contributed by atoms with Crippen LogP contribution >= 0.6 is 11.6 Å². The molecule has 0 saturated carbocycles. The van der Waals surface area contributed by atoms with Crippen LogP contribution < -0.4 is 16.2 Å². The first-order valence-electron chi connectivity index (χ1n) is 8.35. The largest absolute Gasteiger partial charge is 0.322 e. The van der Waals surface area contributed by atoms with Crippen molar-refractivity contribution >= 4 is 35.0 Å². The van der Waals surface area contributed by atoms with Gasteiger partial charge in [-0.15, -0.1) is 0 Å². The number of carbonyl (C=O) groups is 3. The number of hydrogen-bond donors (Lipinski definition) is 3. The van der Waals surface area contributed by atoms with Crippen LogP contribution in [0.2, 0.25) is 5.02 Å². The van der Waals surface area contributed by atoms with Crippen LogP contribution in [0.15, 0.2) is 78.9 Å². The fraction of sp³-hybridized carbons (Fsp3) is 0. The van der Waals surface area contributed by atoms with Crippen molar-refractivity contribution in [1.29, 1.82) is 0 Å². The van der Waals surface area contributed by atoms with Crippen molar-refractivity contribution in [3.05, 3.63) is 101 Å². The first-order valence-corrected chi connectivity index (χ1v) is 8.73. The van der Waals surface area contributed by atoms with E-state index < -0.39 is 11.8 Å². The number of nitrogens with one attached hydrogen (secondary N) is 3. The highest BCUT2D eigenvalue weighted by Gasteiger charge is 2.11. The molecule has 7 heteroatoms. The zero-order valence-corrected chi connectivity index (χ0v) is 15.4. The molecule has 3 aromatic carbocycles. The molecule has 6 nitrogen and oxygen atoms in total. The minimum absolute atomic E-state index is 0.280. The molecule has 0 aromatic heterocycles. The molecule has 3 N–H and O–H groups in total. The standard InChI is InChI=1S/C21H16ClN3O3/c22-17-11-9-15(10-12-17)19(26)23-18-8-4-7-16(13-18)21(28)25-24-20(27)14-5-2-1-3-6-14/h1-13H,(H,23,26)(H,24,27)(H,25,28). The van der Waals surface area contributed by atoms with Crippen molar-refractivity contribution in [2.75, 3.05) is 5.32 Å². The summed E-state index contributed by atoms with van der Waals surface area (Å²) in [5, 5.41) is 3.25. The number of hydrazine groups is 1. The Hall–Kier alpha value is -3.64. The van der Waals surface area contributed by atoms with Crippen LogP contribution in [-0.2, 0) is 0 Å². The maximum absolute atomic E-state index is 12.3. The molecule has 140 valence electrons. The minimum Gasteiger partial charge on any atom is -0.322 e. The average molecular weight is 394 g/mol. The molecule has 0 radical (unpaired) electrons. The van der Waals surface area contributed by atoms with Gasteiger partial charge in [0.2, 0.25) is 0 Å². The molecule has 0 aliphatic carbocycles. The van der Waals surface area contributed by atoms with Gasteiger partial charge in [0, 0.05) is 27.4 Å². The second kappa shape index (κ2) is 8.83. The minimum atomic E-state index is -0.508. The van der Waals surface area contributed by atoms with E-state index in [0.717, 1.165) is 0 Å². The lowest BCUT2D eigenvalue weighted by molar-refractivity contribution is 0.0846. The van der Waals surface area contributed by atoms with E-state index in [4.69, 9.17) is 11.6 Å². The smallest absolute Gasteiger partial charge is 0.269 e. The fourth-order valence-electron chi connectivity index (χ4n) is 2.39. The summed E-state index contributed by atoms with van der Waals surface area (Å²) in [5.41, 5.74) is 6.29. The molecule has 0 aliphatic heterocycles. The van der Waals surface area contributed by atoms with Gasteiger partial charge in [0.1, 0.15) is 0 Å². The Morgan fingerprint density at radius 2 is 1.18 bits per heavy atom. The maximum atomic E-state index is 12.3. The van der Waals surface area contributed by atoms with Gasteiger partial charge < -0.3 is 5.32 Å². The first kappa shape index (κ1) is 19.1. The second-order valence-electron chi connectivity index (χ2n) is 5.82. The van der Waals surface area contributed by atoms with Crippen LogP contribution in [0.5, 0.6) is 0 Å². The highest BCUT2D eigenvalue weighted by Crippen LogP contribution is 2.14. The normalized spacial score (nSPS) is 10.0. The van der Waals surface area contributed by atoms with Crippen LogP contribution in [0.25, 0.3) is 0 Å². The monoisotopic (exact) mass is 393 g/mol. The Morgan fingerprint density at radius 3 is 1.86 bits per heavy atom. The van der Waals surface area contributed by atoms with E-state index >= 15 is 0 Å². The van der Waals surface area contributed by atoms with Crippen LogP contribution in [0, 0.1) is 0 Å². The average Bonchev–Trinajstić information content (AvgIpc) is 2.73. The van der Waals surface area contributed by atoms with E-state index in [2.05, 4.69) is 16.2 Å². The summed E-state index contributed by atoms with van der Waals surface area (Å²) >= 11 is 5.82. The fourth-order valence-corrected chi connectivity index (χ4v) is 2.52. The third kappa shape index (κ3) is 4.96. The molecule has 0 aliphatic rings. The lowest BCUT2D eigenvalue weighted by Gasteiger charge is -2.09. The van der Waals surface area contributed by atoms with Crippen molar-refractivity contribution in [3.63, 3.8) is 0 Å². The SMILES string of the molecule is O=C(NNC(=O)c1cccc(NC(=O)c2ccc(Cl)cc2)c1)c1ccccc1. The number of hydrogen-bond acceptors (Lipinski definition) is 3. The Morgan fingerprint density at radius 1 is 0.607 bits per heavy atom. The van der Waals surface area contributed by atoms with Gasteiger partial charge in [-0.25, -0.2) is 0 Å². The van der Waals surface area contributed by atoms with Crippen molar-refractivity contribution in [3.8, 4) is 0 Å².